The molecular weight excluding hydrogens is 385 g/mol. The molecule has 0 aliphatic rings. The third-order valence-electron chi connectivity index (χ3n) is 4.47. The first-order valence-electron chi connectivity index (χ1n) is 9.83. The van der Waals surface area contributed by atoms with Gasteiger partial charge in [-0.05, 0) is 42.0 Å². The Bertz CT molecular complexity index is 889. The van der Waals surface area contributed by atoms with Crippen molar-refractivity contribution in [2.24, 2.45) is 0 Å². The maximum atomic E-state index is 13.3. The summed E-state index contributed by atoms with van der Waals surface area (Å²) in [4.78, 5) is 2.08. The van der Waals surface area contributed by atoms with E-state index in [-0.39, 0.29) is 18.2 Å². The molecule has 1 unspecified atom stereocenters. The van der Waals surface area contributed by atoms with Gasteiger partial charge in [-0.2, -0.15) is 0 Å². The van der Waals surface area contributed by atoms with Crippen molar-refractivity contribution in [3.63, 3.8) is 0 Å². The van der Waals surface area contributed by atoms with Gasteiger partial charge < -0.3 is 19.7 Å². The predicted molar refractivity (Wildman–Crippen MR) is 113 cm³/mol. The summed E-state index contributed by atoms with van der Waals surface area (Å²) >= 11 is 0. The highest BCUT2D eigenvalue weighted by Gasteiger charge is 2.14. The second-order valence-corrected chi connectivity index (χ2v) is 6.99. The Balaban J connectivity index is 1.53. The molecule has 6 heteroatoms. The van der Waals surface area contributed by atoms with Crippen LogP contribution in [0, 0.1) is 5.82 Å². The van der Waals surface area contributed by atoms with Crippen molar-refractivity contribution in [2.75, 3.05) is 26.3 Å². The van der Waals surface area contributed by atoms with E-state index in [9.17, 15) is 14.6 Å². The lowest BCUT2D eigenvalue weighted by Gasteiger charge is -2.25. The van der Waals surface area contributed by atoms with Crippen LogP contribution in [0.4, 0.5) is 4.39 Å². The van der Waals surface area contributed by atoms with Crippen LogP contribution in [0.3, 0.4) is 0 Å². The molecule has 0 radical (unpaired) electrons. The number of hydrogen-bond donors (Lipinski definition) is 2. The number of aliphatic hydroxyl groups is 1. The first-order chi connectivity index (χ1) is 14.6. The van der Waals surface area contributed by atoms with Crippen molar-refractivity contribution in [1.29, 1.82) is 0 Å². The van der Waals surface area contributed by atoms with Crippen LogP contribution in [-0.2, 0) is 6.54 Å². The fourth-order valence-electron chi connectivity index (χ4n) is 3.01. The van der Waals surface area contributed by atoms with E-state index in [1.807, 2.05) is 30.3 Å². The van der Waals surface area contributed by atoms with E-state index >= 15 is 0 Å². The topological polar surface area (TPSA) is 62.2 Å². The van der Waals surface area contributed by atoms with Crippen LogP contribution in [0.15, 0.2) is 78.9 Å². The molecule has 0 saturated heterocycles. The van der Waals surface area contributed by atoms with E-state index in [2.05, 4.69) is 4.90 Å². The third-order valence-corrected chi connectivity index (χ3v) is 4.47. The van der Waals surface area contributed by atoms with Crippen LogP contribution in [0.5, 0.6) is 17.2 Å². The van der Waals surface area contributed by atoms with Gasteiger partial charge in [0.25, 0.3) is 0 Å². The lowest BCUT2D eigenvalue weighted by atomic mass is 10.2. The number of phenolic OH excluding ortho intramolecular Hbond substituents is 1. The average Bonchev–Trinajstić information content (AvgIpc) is 2.74. The summed E-state index contributed by atoms with van der Waals surface area (Å²) in [5, 5.41) is 19.8. The molecule has 158 valence electrons. The van der Waals surface area contributed by atoms with Gasteiger partial charge in [0, 0.05) is 25.7 Å². The van der Waals surface area contributed by atoms with E-state index in [1.54, 1.807) is 36.4 Å². The predicted octanol–water partition coefficient (Wildman–Crippen LogP) is 3.85. The van der Waals surface area contributed by atoms with Crippen LogP contribution in [0.25, 0.3) is 0 Å². The number of hydrogen-bond acceptors (Lipinski definition) is 5. The van der Waals surface area contributed by atoms with Crippen LogP contribution in [0.2, 0.25) is 0 Å². The number of ether oxygens (including phenoxy) is 2. The van der Waals surface area contributed by atoms with Gasteiger partial charge in [-0.3, -0.25) is 4.90 Å². The standard InChI is InChI=1S/C24H26FNO4/c25-20-7-4-8-24(15-20)30-18-22(28)17-26(16-19-5-2-1-3-6-19)13-14-29-23-11-9-21(27)10-12-23/h1-12,15,22,27-28H,13-14,16-18H2. The van der Waals surface area contributed by atoms with Crippen molar-refractivity contribution in [3.8, 4) is 17.2 Å². The van der Waals surface area contributed by atoms with Crippen LogP contribution >= 0.6 is 0 Å². The first-order valence-corrected chi connectivity index (χ1v) is 9.83. The number of halogens is 1. The summed E-state index contributed by atoms with van der Waals surface area (Å²) in [7, 11) is 0. The molecule has 3 rings (SSSR count). The molecule has 3 aromatic rings. The van der Waals surface area contributed by atoms with E-state index in [0.29, 0.717) is 37.7 Å². The Morgan fingerprint density at radius 1 is 0.867 bits per heavy atom. The van der Waals surface area contributed by atoms with Gasteiger partial charge in [0.15, 0.2) is 0 Å². The minimum atomic E-state index is -0.745. The molecule has 0 spiro atoms. The number of phenols is 1. The smallest absolute Gasteiger partial charge is 0.126 e. The Morgan fingerprint density at radius 3 is 2.37 bits per heavy atom. The van der Waals surface area contributed by atoms with Crippen molar-refractivity contribution in [3.05, 3.63) is 90.2 Å². The van der Waals surface area contributed by atoms with Crippen molar-refractivity contribution < 1.29 is 24.1 Å². The number of rotatable bonds is 11. The second kappa shape index (κ2) is 11.2. The summed E-state index contributed by atoms with van der Waals surface area (Å²) in [5.41, 5.74) is 1.13. The molecule has 0 aromatic heterocycles. The zero-order valence-corrected chi connectivity index (χ0v) is 16.7. The molecule has 30 heavy (non-hydrogen) atoms. The Kier molecular flexibility index (Phi) is 8.06. The van der Waals surface area contributed by atoms with E-state index in [0.717, 1.165) is 5.56 Å². The van der Waals surface area contributed by atoms with Gasteiger partial charge in [-0.25, -0.2) is 4.39 Å². The molecule has 2 N–H and O–H groups in total. The fourth-order valence-corrected chi connectivity index (χ4v) is 3.01. The molecule has 0 fully saturated rings. The molecule has 0 aliphatic carbocycles. The molecule has 0 amide bonds. The summed E-state index contributed by atoms with van der Waals surface area (Å²) in [6.45, 7) is 2.11. The molecule has 0 bridgehead atoms. The maximum Gasteiger partial charge on any atom is 0.126 e. The lowest BCUT2D eigenvalue weighted by Crippen LogP contribution is -2.37. The molecule has 3 aromatic carbocycles. The Hall–Kier alpha value is -3.09. The highest BCUT2D eigenvalue weighted by Crippen LogP contribution is 2.16. The Labute approximate surface area is 175 Å². The lowest BCUT2D eigenvalue weighted by molar-refractivity contribution is 0.0604. The second-order valence-electron chi connectivity index (χ2n) is 6.99. The zero-order chi connectivity index (χ0) is 21.2. The molecule has 0 saturated carbocycles. The number of nitrogens with zero attached hydrogens (tertiary/aromatic N) is 1. The zero-order valence-electron chi connectivity index (χ0n) is 16.7. The summed E-state index contributed by atoms with van der Waals surface area (Å²) in [6.07, 6.45) is -0.745. The molecular formula is C24H26FNO4. The first kappa shape index (κ1) is 21.6. The molecule has 5 nitrogen and oxygen atoms in total. The van der Waals surface area contributed by atoms with E-state index in [1.165, 1.54) is 12.1 Å². The number of benzene rings is 3. The number of aliphatic hydroxyl groups excluding tert-OH is 1. The maximum absolute atomic E-state index is 13.3. The van der Waals surface area contributed by atoms with Crippen molar-refractivity contribution in [2.45, 2.75) is 12.6 Å². The van der Waals surface area contributed by atoms with Crippen LogP contribution < -0.4 is 9.47 Å². The fraction of sp³-hybridized carbons (Fsp3) is 0.250. The highest BCUT2D eigenvalue weighted by atomic mass is 19.1. The summed E-state index contributed by atoms with van der Waals surface area (Å²) in [6, 6.07) is 22.4. The van der Waals surface area contributed by atoms with Gasteiger partial charge in [-0.1, -0.05) is 36.4 Å². The number of aromatic hydroxyl groups is 1. The minimum Gasteiger partial charge on any atom is -0.508 e. The minimum absolute atomic E-state index is 0.0631. The quantitative estimate of drug-likeness (QED) is 0.502. The Morgan fingerprint density at radius 2 is 1.63 bits per heavy atom. The van der Waals surface area contributed by atoms with E-state index in [4.69, 9.17) is 9.47 Å². The molecule has 0 heterocycles. The SMILES string of the molecule is Oc1ccc(OCCN(Cc2ccccc2)CC(O)COc2cccc(F)c2)cc1. The van der Waals surface area contributed by atoms with Crippen molar-refractivity contribution >= 4 is 0 Å². The largest absolute Gasteiger partial charge is 0.508 e. The van der Waals surface area contributed by atoms with Gasteiger partial charge in [0.2, 0.25) is 0 Å². The van der Waals surface area contributed by atoms with Gasteiger partial charge in [-0.15, -0.1) is 0 Å². The monoisotopic (exact) mass is 411 g/mol. The molecule has 0 aliphatic heterocycles. The van der Waals surface area contributed by atoms with Crippen molar-refractivity contribution in [1.82, 2.24) is 4.90 Å². The van der Waals surface area contributed by atoms with Gasteiger partial charge in [0.1, 0.15) is 42.4 Å². The normalized spacial score (nSPS) is 12.0. The van der Waals surface area contributed by atoms with Crippen LogP contribution in [0.1, 0.15) is 5.56 Å². The molecule has 1 atom stereocenters. The average molecular weight is 411 g/mol. The van der Waals surface area contributed by atoms with E-state index < -0.39 is 6.10 Å². The highest BCUT2D eigenvalue weighted by molar-refractivity contribution is 5.30. The third kappa shape index (κ3) is 7.39. The summed E-state index contributed by atoms with van der Waals surface area (Å²) in [5.74, 6) is 0.871. The summed E-state index contributed by atoms with van der Waals surface area (Å²) < 4.78 is 24.5. The van der Waals surface area contributed by atoms with Gasteiger partial charge >= 0.3 is 0 Å². The van der Waals surface area contributed by atoms with Gasteiger partial charge in [0.05, 0.1) is 0 Å². The van der Waals surface area contributed by atoms with Crippen LogP contribution in [-0.4, -0.2) is 47.5 Å².